The molecule has 1 aromatic carbocycles. The van der Waals surface area contributed by atoms with Crippen LogP contribution in [0.1, 0.15) is 5.56 Å². The van der Waals surface area contributed by atoms with Crippen molar-refractivity contribution in [3.63, 3.8) is 0 Å². The van der Waals surface area contributed by atoms with E-state index in [-0.39, 0.29) is 17.0 Å². The average molecular weight is 312 g/mol. The van der Waals surface area contributed by atoms with Crippen molar-refractivity contribution in [3.8, 4) is 0 Å². The fourth-order valence-corrected chi connectivity index (χ4v) is 2.24. The van der Waals surface area contributed by atoms with Crippen molar-refractivity contribution in [1.82, 2.24) is 0 Å². The molecular weight excluding hydrogens is 298 g/mol. The maximum atomic E-state index is 5.86. The predicted octanol–water partition coefficient (Wildman–Crippen LogP) is -1.35. The van der Waals surface area contributed by atoms with Crippen molar-refractivity contribution in [2.45, 2.75) is 0 Å². The second-order valence-electron chi connectivity index (χ2n) is 3.41. The van der Waals surface area contributed by atoms with Gasteiger partial charge in [0.15, 0.2) is 0 Å². The highest BCUT2D eigenvalue weighted by Gasteiger charge is 2.18. The van der Waals surface area contributed by atoms with Gasteiger partial charge >= 0.3 is 5.17 Å². The summed E-state index contributed by atoms with van der Waals surface area (Å²) in [5.74, 6) is 0.823. The Kier molecular flexibility index (Phi) is 5.44. The van der Waals surface area contributed by atoms with Crippen LogP contribution in [0.3, 0.4) is 0 Å². The number of nitrogens with two attached hydrogens (primary N) is 1. The van der Waals surface area contributed by atoms with E-state index in [1.54, 1.807) is 22.5 Å². The number of nitrogens with zero attached hydrogens (tertiary/aromatic N) is 2. The lowest BCUT2D eigenvalue weighted by molar-refractivity contribution is -0.521. The van der Waals surface area contributed by atoms with Gasteiger partial charge in [-0.15, -0.1) is 4.68 Å². The summed E-state index contributed by atoms with van der Waals surface area (Å²) in [6.45, 7) is 4.35. The molecule has 0 spiro atoms. The number of hydrogen-bond acceptors (Lipinski definition) is 3. The Morgan fingerprint density at radius 3 is 2.76 bits per heavy atom. The molecule has 0 fully saturated rings. The first-order valence-corrected chi connectivity index (χ1v) is 6.06. The molecule has 90 valence electrons. The van der Waals surface area contributed by atoms with Crippen LogP contribution in [-0.2, 0) is 0 Å². The highest BCUT2D eigenvalue weighted by atomic mass is 79.9. The van der Waals surface area contributed by atoms with E-state index in [4.69, 9.17) is 5.73 Å². The standard InChI is InChI=1S/C12H13N3S.BrH/c1-2-8-15-12(13)16-9-11(14-15)10-6-4-3-5-7-10;/h2-7,13H,1,8-9H2;1H. The molecule has 1 aromatic rings. The summed E-state index contributed by atoms with van der Waals surface area (Å²) in [6, 6.07) is 10.2. The van der Waals surface area contributed by atoms with E-state index in [2.05, 4.69) is 23.8 Å². The highest BCUT2D eigenvalue weighted by Crippen LogP contribution is 2.13. The second kappa shape index (κ2) is 6.61. The monoisotopic (exact) mass is 311 g/mol. The molecule has 1 aliphatic rings. The van der Waals surface area contributed by atoms with Crippen LogP contribution in [-0.4, -0.2) is 27.9 Å². The molecule has 2 N–H and O–H groups in total. The molecule has 0 amide bonds. The molecule has 0 unspecified atom stereocenters. The van der Waals surface area contributed by atoms with Crippen LogP contribution in [0.4, 0.5) is 0 Å². The van der Waals surface area contributed by atoms with Crippen molar-refractivity contribution < 1.29 is 21.7 Å². The summed E-state index contributed by atoms with van der Waals surface area (Å²) < 4.78 is 1.78. The fourth-order valence-electron chi connectivity index (χ4n) is 1.47. The Morgan fingerprint density at radius 2 is 2.12 bits per heavy atom. The maximum Gasteiger partial charge on any atom is 0.330 e. The Bertz CT molecular complexity index is 454. The SMILES string of the molecule is C=CC[N+]1=C(N)SCC(c2ccccc2)=N1.[Br-]. The van der Waals surface area contributed by atoms with Gasteiger partial charge < -0.3 is 17.0 Å². The van der Waals surface area contributed by atoms with Crippen molar-refractivity contribution in [1.29, 1.82) is 0 Å². The topological polar surface area (TPSA) is 41.4 Å². The van der Waals surface area contributed by atoms with Crippen molar-refractivity contribution in [2.75, 3.05) is 12.3 Å². The first-order chi connectivity index (χ1) is 7.81. The number of hydrazone groups is 1. The molecule has 1 heterocycles. The molecular formula is C12H14BrN3S. The van der Waals surface area contributed by atoms with E-state index < -0.39 is 0 Å². The smallest absolute Gasteiger partial charge is 0.330 e. The first kappa shape index (κ1) is 14.0. The maximum absolute atomic E-state index is 5.86. The Balaban J connectivity index is 0.00000144. The zero-order valence-electron chi connectivity index (χ0n) is 9.34. The summed E-state index contributed by atoms with van der Waals surface area (Å²) in [6.07, 6.45) is 1.80. The average Bonchev–Trinajstić information content (AvgIpc) is 2.33. The zero-order valence-corrected chi connectivity index (χ0v) is 11.7. The number of rotatable bonds is 3. The molecule has 0 bridgehead atoms. The van der Waals surface area contributed by atoms with E-state index in [1.807, 2.05) is 18.2 Å². The third kappa shape index (κ3) is 3.44. The van der Waals surface area contributed by atoms with E-state index in [0.717, 1.165) is 22.2 Å². The number of thioether (sulfide) groups is 1. The van der Waals surface area contributed by atoms with Crippen LogP contribution in [0.5, 0.6) is 0 Å². The lowest BCUT2D eigenvalue weighted by atomic mass is 10.1. The first-order valence-electron chi connectivity index (χ1n) is 5.08. The van der Waals surface area contributed by atoms with Crippen LogP contribution in [0.15, 0.2) is 48.1 Å². The molecule has 0 saturated carbocycles. The van der Waals surface area contributed by atoms with E-state index in [0.29, 0.717) is 6.54 Å². The molecule has 0 aromatic heterocycles. The van der Waals surface area contributed by atoms with E-state index in [9.17, 15) is 0 Å². The van der Waals surface area contributed by atoms with Gasteiger partial charge in [0, 0.05) is 5.56 Å². The van der Waals surface area contributed by atoms with Crippen LogP contribution in [0.25, 0.3) is 0 Å². The van der Waals surface area contributed by atoms with E-state index >= 15 is 0 Å². The highest BCUT2D eigenvalue weighted by molar-refractivity contribution is 8.14. The molecule has 1 aliphatic heterocycles. The van der Waals surface area contributed by atoms with Crippen LogP contribution < -0.4 is 22.7 Å². The van der Waals surface area contributed by atoms with Crippen molar-refractivity contribution >= 4 is 22.6 Å². The molecule has 0 saturated heterocycles. The number of amidine groups is 1. The largest absolute Gasteiger partial charge is 1.00 e. The molecule has 0 aliphatic carbocycles. The quantitative estimate of drug-likeness (QED) is 0.554. The second-order valence-corrected chi connectivity index (χ2v) is 4.41. The molecule has 2 rings (SSSR count). The summed E-state index contributed by atoms with van der Waals surface area (Å²) in [5.41, 5.74) is 8.06. The van der Waals surface area contributed by atoms with Gasteiger partial charge in [0.25, 0.3) is 0 Å². The third-order valence-electron chi connectivity index (χ3n) is 2.26. The molecule has 17 heavy (non-hydrogen) atoms. The van der Waals surface area contributed by atoms with Crippen molar-refractivity contribution in [2.24, 2.45) is 10.8 Å². The summed E-state index contributed by atoms with van der Waals surface area (Å²) in [5, 5.41) is 5.25. The van der Waals surface area contributed by atoms with Gasteiger partial charge in [-0.1, -0.05) is 42.0 Å². The molecule has 0 radical (unpaired) electrons. The minimum Gasteiger partial charge on any atom is -1.00 e. The lowest BCUT2D eigenvalue weighted by Crippen LogP contribution is -3.00. The number of halogens is 1. The Labute approximate surface area is 116 Å². The minimum absolute atomic E-state index is 0. The van der Waals surface area contributed by atoms with Crippen LogP contribution in [0.2, 0.25) is 0 Å². The van der Waals surface area contributed by atoms with Gasteiger partial charge in [-0.05, 0) is 17.8 Å². The third-order valence-corrected chi connectivity index (χ3v) is 3.19. The van der Waals surface area contributed by atoms with Gasteiger partial charge in [-0.3, -0.25) is 5.73 Å². The summed E-state index contributed by atoms with van der Waals surface area (Å²) >= 11 is 1.61. The van der Waals surface area contributed by atoms with Crippen LogP contribution >= 0.6 is 11.8 Å². The lowest BCUT2D eigenvalue weighted by Gasteiger charge is -2.11. The van der Waals surface area contributed by atoms with E-state index in [1.165, 1.54) is 0 Å². The predicted molar refractivity (Wildman–Crippen MR) is 70.0 cm³/mol. The fraction of sp³-hybridized carbons (Fsp3) is 0.167. The zero-order chi connectivity index (χ0) is 11.4. The Hall–Kier alpha value is -1.07. The van der Waals surface area contributed by atoms with Gasteiger partial charge in [0.05, 0.1) is 5.75 Å². The van der Waals surface area contributed by atoms with Crippen LogP contribution in [0, 0.1) is 0 Å². The van der Waals surface area contributed by atoms with Gasteiger partial charge in [0.2, 0.25) is 0 Å². The normalized spacial score (nSPS) is 14.9. The Morgan fingerprint density at radius 1 is 1.41 bits per heavy atom. The summed E-state index contributed by atoms with van der Waals surface area (Å²) in [7, 11) is 0. The van der Waals surface area contributed by atoms with Crippen molar-refractivity contribution in [3.05, 3.63) is 48.6 Å². The summed E-state index contributed by atoms with van der Waals surface area (Å²) in [4.78, 5) is 0. The number of benzene rings is 1. The van der Waals surface area contributed by atoms with Gasteiger partial charge in [0.1, 0.15) is 12.3 Å². The molecule has 0 atom stereocenters. The minimum atomic E-state index is 0. The van der Waals surface area contributed by atoms with Gasteiger partial charge in [-0.25, -0.2) is 0 Å². The molecule has 3 nitrogen and oxygen atoms in total. The number of hydrogen-bond donors (Lipinski definition) is 1. The van der Waals surface area contributed by atoms with Gasteiger partial charge in [-0.2, -0.15) is 0 Å². The molecule has 5 heteroatoms.